The van der Waals surface area contributed by atoms with Gasteiger partial charge in [0.05, 0.1) is 5.92 Å². The van der Waals surface area contributed by atoms with E-state index >= 15 is 0 Å². The Morgan fingerprint density at radius 2 is 1.96 bits per heavy atom. The molecule has 25 heavy (non-hydrogen) atoms. The third-order valence-corrected chi connectivity index (χ3v) is 4.72. The van der Waals surface area contributed by atoms with Crippen molar-refractivity contribution in [2.45, 2.75) is 38.1 Å². The monoisotopic (exact) mass is 341 g/mol. The second-order valence-electron chi connectivity index (χ2n) is 6.33. The summed E-state index contributed by atoms with van der Waals surface area (Å²) >= 11 is 0. The third-order valence-electron chi connectivity index (χ3n) is 4.72. The van der Waals surface area contributed by atoms with Crippen molar-refractivity contribution in [3.8, 4) is 0 Å². The number of hydrogen-bond donors (Lipinski definition) is 1. The number of carbonyl (C=O) groups is 2. The van der Waals surface area contributed by atoms with Gasteiger partial charge in [0, 0.05) is 25.2 Å². The van der Waals surface area contributed by atoms with Gasteiger partial charge in [-0.15, -0.1) is 0 Å². The smallest absolute Gasteiger partial charge is 0.273 e. The molecule has 1 saturated heterocycles. The SMILES string of the molecule is CCC(C(=O)N1CCC(NC(=O)c2ccon2)CC1)c1ccccc1. The minimum atomic E-state index is -0.228. The molecule has 0 spiro atoms. The van der Waals surface area contributed by atoms with Gasteiger partial charge in [0.1, 0.15) is 6.26 Å². The molecule has 0 bridgehead atoms. The normalized spacial score (nSPS) is 16.4. The van der Waals surface area contributed by atoms with Crippen LogP contribution in [0.4, 0.5) is 0 Å². The Kier molecular flexibility index (Phi) is 5.48. The van der Waals surface area contributed by atoms with Gasteiger partial charge < -0.3 is 14.7 Å². The maximum atomic E-state index is 12.9. The van der Waals surface area contributed by atoms with E-state index in [1.807, 2.05) is 42.2 Å². The Hall–Kier alpha value is -2.63. The molecule has 3 rings (SSSR count). The Morgan fingerprint density at radius 1 is 1.24 bits per heavy atom. The topological polar surface area (TPSA) is 75.4 Å². The molecular formula is C19H23N3O3. The highest BCUT2D eigenvalue weighted by Crippen LogP contribution is 2.24. The molecule has 1 aromatic carbocycles. The average molecular weight is 341 g/mol. The highest BCUT2D eigenvalue weighted by Gasteiger charge is 2.29. The predicted molar refractivity (Wildman–Crippen MR) is 93.0 cm³/mol. The van der Waals surface area contributed by atoms with Crippen LogP contribution in [0.25, 0.3) is 0 Å². The number of piperidine rings is 1. The summed E-state index contributed by atoms with van der Waals surface area (Å²) in [7, 11) is 0. The second-order valence-corrected chi connectivity index (χ2v) is 6.33. The van der Waals surface area contributed by atoms with E-state index in [4.69, 9.17) is 4.52 Å². The number of rotatable bonds is 5. The van der Waals surface area contributed by atoms with Gasteiger partial charge in [-0.1, -0.05) is 42.4 Å². The minimum Gasteiger partial charge on any atom is -0.364 e. The van der Waals surface area contributed by atoms with Crippen LogP contribution in [0.5, 0.6) is 0 Å². The largest absolute Gasteiger partial charge is 0.364 e. The van der Waals surface area contributed by atoms with Crippen molar-refractivity contribution in [3.05, 3.63) is 53.9 Å². The van der Waals surface area contributed by atoms with Gasteiger partial charge in [-0.2, -0.15) is 0 Å². The number of hydrogen-bond acceptors (Lipinski definition) is 4. The molecule has 0 aliphatic carbocycles. The number of nitrogens with one attached hydrogen (secondary N) is 1. The van der Waals surface area contributed by atoms with Crippen LogP contribution in [-0.2, 0) is 4.79 Å². The zero-order valence-electron chi connectivity index (χ0n) is 14.4. The Bertz CT molecular complexity index is 692. The summed E-state index contributed by atoms with van der Waals surface area (Å²) in [6.07, 6.45) is 3.66. The first-order valence-electron chi connectivity index (χ1n) is 8.74. The first-order valence-corrected chi connectivity index (χ1v) is 8.74. The average Bonchev–Trinajstić information content (AvgIpc) is 3.19. The van der Waals surface area contributed by atoms with Crippen LogP contribution in [0.3, 0.4) is 0 Å². The Balaban J connectivity index is 1.54. The van der Waals surface area contributed by atoms with Crippen LogP contribution in [0.2, 0.25) is 0 Å². The lowest BCUT2D eigenvalue weighted by Gasteiger charge is -2.34. The van der Waals surface area contributed by atoms with Crippen molar-refractivity contribution in [2.24, 2.45) is 0 Å². The Labute approximate surface area is 147 Å². The summed E-state index contributed by atoms with van der Waals surface area (Å²) in [4.78, 5) is 26.8. The van der Waals surface area contributed by atoms with Crippen LogP contribution < -0.4 is 5.32 Å². The fraction of sp³-hybridized carbons (Fsp3) is 0.421. The van der Waals surface area contributed by atoms with Crippen molar-refractivity contribution in [1.29, 1.82) is 0 Å². The highest BCUT2D eigenvalue weighted by molar-refractivity contribution is 5.92. The summed E-state index contributed by atoms with van der Waals surface area (Å²) in [6, 6.07) is 11.5. The highest BCUT2D eigenvalue weighted by atomic mass is 16.5. The summed E-state index contributed by atoms with van der Waals surface area (Å²) in [5.74, 6) is -0.147. The molecule has 132 valence electrons. The quantitative estimate of drug-likeness (QED) is 0.907. The molecule has 0 radical (unpaired) electrons. The van der Waals surface area contributed by atoms with Gasteiger partial charge >= 0.3 is 0 Å². The molecule has 0 saturated carbocycles. The van der Waals surface area contributed by atoms with Gasteiger partial charge in [-0.25, -0.2) is 0 Å². The molecule has 1 aromatic heterocycles. The van der Waals surface area contributed by atoms with Crippen molar-refractivity contribution in [1.82, 2.24) is 15.4 Å². The maximum Gasteiger partial charge on any atom is 0.273 e. The van der Waals surface area contributed by atoms with Crippen molar-refractivity contribution >= 4 is 11.8 Å². The van der Waals surface area contributed by atoms with E-state index < -0.39 is 0 Å². The number of carbonyl (C=O) groups excluding carboxylic acids is 2. The van der Waals surface area contributed by atoms with E-state index in [-0.39, 0.29) is 29.5 Å². The van der Waals surface area contributed by atoms with Gasteiger partial charge in [-0.3, -0.25) is 9.59 Å². The number of amides is 2. The molecule has 6 nitrogen and oxygen atoms in total. The molecule has 1 aliphatic heterocycles. The zero-order valence-corrected chi connectivity index (χ0v) is 14.4. The molecule has 1 aliphatic rings. The molecule has 2 heterocycles. The maximum absolute atomic E-state index is 12.9. The molecule has 2 amide bonds. The molecule has 6 heteroatoms. The van der Waals surface area contributed by atoms with E-state index in [1.54, 1.807) is 6.07 Å². The summed E-state index contributed by atoms with van der Waals surface area (Å²) in [5.41, 5.74) is 1.35. The lowest BCUT2D eigenvalue weighted by molar-refractivity contribution is -0.134. The van der Waals surface area contributed by atoms with E-state index in [0.29, 0.717) is 13.1 Å². The molecule has 2 aromatic rings. The van der Waals surface area contributed by atoms with Crippen molar-refractivity contribution < 1.29 is 14.1 Å². The third kappa shape index (κ3) is 4.07. The van der Waals surface area contributed by atoms with Gasteiger partial charge in [-0.05, 0) is 24.8 Å². The molecule has 1 atom stereocenters. The Morgan fingerprint density at radius 3 is 2.56 bits per heavy atom. The first-order chi connectivity index (χ1) is 12.2. The van der Waals surface area contributed by atoms with Gasteiger partial charge in [0.25, 0.3) is 5.91 Å². The lowest BCUT2D eigenvalue weighted by Crippen LogP contribution is -2.47. The van der Waals surface area contributed by atoms with Crippen LogP contribution >= 0.6 is 0 Å². The van der Waals surface area contributed by atoms with E-state index in [9.17, 15) is 9.59 Å². The van der Waals surface area contributed by atoms with Crippen molar-refractivity contribution in [3.63, 3.8) is 0 Å². The summed E-state index contributed by atoms with van der Waals surface area (Å²) < 4.78 is 4.69. The summed E-state index contributed by atoms with van der Waals surface area (Å²) in [6.45, 7) is 3.36. The van der Waals surface area contributed by atoms with Gasteiger partial charge in [0.15, 0.2) is 5.69 Å². The van der Waals surface area contributed by atoms with Crippen LogP contribution in [0.1, 0.15) is 48.2 Å². The first kappa shape index (κ1) is 17.2. The number of aromatic nitrogens is 1. The molecule has 1 fully saturated rings. The van der Waals surface area contributed by atoms with E-state index in [2.05, 4.69) is 10.5 Å². The van der Waals surface area contributed by atoms with Crippen LogP contribution in [-0.4, -0.2) is 41.0 Å². The van der Waals surface area contributed by atoms with E-state index in [0.717, 1.165) is 24.8 Å². The van der Waals surface area contributed by atoms with Crippen LogP contribution in [0.15, 0.2) is 47.2 Å². The fourth-order valence-corrected chi connectivity index (χ4v) is 3.29. The molecular weight excluding hydrogens is 318 g/mol. The fourth-order valence-electron chi connectivity index (χ4n) is 3.29. The molecule has 1 unspecified atom stereocenters. The number of benzene rings is 1. The molecule has 1 N–H and O–H groups in total. The predicted octanol–water partition coefficient (Wildman–Crippen LogP) is 2.59. The van der Waals surface area contributed by atoms with E-state index in [1.165, 1.54) is 6.26 Å². The van der Waals surface area contributed by atoms with Crippen molar-refractivity contribution in [2.75, 3.05) is 13.1 Å². The zero-order chi connectivity index (χ0) is 17.6. The van der Waals surface area contributed by atoms with Gasteiger partial charge in [0.2, 0.25) is 5.91 Å². The second kappa shape index (κ2) is 7.96. The minimum absolute atomic E-state index is 0.0602. The number of likely N-dealkylation sites (tertiary alicyclic amines) is 1. The summed E-state index contributed by atoms with van der Waals surface area (Å²) in [5, 5.41) is 6.60. The number of nitrogens with zero attached hydrogens (tertiary/aromatic N) is 2. The standard InChI is InChI=1S/C19H23N3O3/c1-2-16(14-6-4-3-5-7-14)19(24)22-11-8-15(9-12-22)20-18(23)17-10-13-25-21-17/h3-7,10,13,15-16H,2,8-9,11-12H2,1H3,(H,20,23). The lowest BCUT2D eigenvalue weighted by atomic mass is 9.93. The van der Waals surface area contributed by atoms with Crippen LogP contribution in [0, 0.1) is 0 Å².